The molecule has 0 aliphatic heterocycles. The Balaban J connectivity index is 2.21. The Morgan fingerprint density at radius 2 is 1.68 bits per heavy atom. The van der Waals surface area contributed by atoms with Crippen molar-refractivity contribution in [2.75, 3.05) is 24.2 Å². The van der Waals surface area contributed by atoms with E-state index in [0.717, 1.165) is 22.3 Å². The van der Waals surface area contributed by atoms with Gasteiger partial charge in [-0.3, -0.25) is 13.9 Å². The molecule has 1 unspecified atom stereocenters. The smallest absolute Gasteiger partial charge is 0.242 e. The predicted octanol–water partition coefficient (Wildman–Crippen LogP) is 3.71. The van der Waals surface area contributed by atoms with Gasteiger partial charge in [0.1, 0.15) is 6.04 Å². The van der Waals surface area contributed by atoms with E-state index in [0.29, 0.717) is 25.1 Å². The van der Waals surface area contributed by atoms with E-state index in [1.165, 1.54) is 10.6 Å². The van der Waals surface area contributed by atoms with Gasteiger partial charge in [0.25, 0.3) is 0 Å². The second kappa shape index (κ2) is 12.0. The summed E-state index contributed by atoms with van der Waals surface area (Å²) in [7, 11) is -1.95. The van der Waals surface area contributed by atoms with Crippen LogP contribution in [0.1, 0.15) is 48.4 Å². The number of hydrogen-bond donors (Lipinski definition) is 1. The molecule has 0 saturated heterocycles. The maximum atomic E-state index is 13.3. The van der Waals surface area contributed by atoms with Crippen molar-refractivity contribution in [3.8, 4) is 0 Å². The number of nitrogens with one attached hydrogen (secondary N) is 1. The van der Waals surface area contributed by atoms with E-state index in [-0.39, 0.29) is 24.8 Å². The number of anilines is 1. The number of amides is 2. The van der Waals surface area contributed by atoms with Crippen LogP contribution in [0.4, 0.5) is 5.69 Å². The van der Waals surface area contributed by atoms with Crippen LogP contribution in [0, 0.1) is 20.8 Å². The van der Waals surface area contributed by atoms with Crippen molar-refractivity contribution in [2.24, 2.45) is 0 Å². The molecule has 0 aliphatic carbocycles. The number of rotatable bonds is 11. The van der Waals surface area contributed by atoms with E-state index < -0.39 is 16.1 Å². The fourth-order valence-electron chi connectivity index (χ4n) is 3.94. The van der Waals surface area contributed by atoms with E-state index in [1.54, 1.807) is 18.0 Å². The third-order valence-electron chi connectivity index (χ3n) is 6.16. The van der Waals surface area contributed by atoms with Crippen molar-refractivity contribution < 1.29 is 18.0 Å². The van der Waals surface area contributed by atoms with Crippen molar-refractivity contribution in [1.82, 2.24) is 10.2 Å². The summed E-state index contributed by atoms with van der Waals surface area (Å²) in [5.74, 6) is -0.385. The summed E-state index contributed by atoms with van der Waals surface area (Å²) in [5, 5.41) is 2.66. The number of nitrogens with zero attached hydrogens (tertiary/aromatic N) is 2. The van der Waals surface area contributed by atoms with Crippen molar-refractivity contribution in [3.05, 3.63) is 64.7 Å². The molecule has 0 aliphatic rings. The van der Waals surface area contributed by atoms with E-state index in [1.807, 2.05) is 64.1 Å². The second-order valence-corrected chi connectivity index (χ2v) is 10.6. The van der Waals surface area contributed by atoms with Gasteiger partial charge in [0.15, 0.2) is 0 Å². The molecular formula is C26H37N3O4S. The molecule has 1 N–H and O–H groups in total. The van der Waals surface area contributed by atoms with Gasteiger partial charge in [-0.1, -0.05) is 37.3 Å². The zero-order valence-electron chi connectivity index (χ0n) is 21.1. The standard InChI is InChI=1S/C26H37N3O4S/c1-7-24(26(31)27-5)28(18-22-12-9-8-11-20(22)3)25(30)13-10-16-29(34(6,32)33)23-15-14-19(2)21(4)17-23/h8-9,11-12,14-15,17,24H,7,10,13,16,18H2,1-6H3,(H,27,31). The van der Waals surface area contributed by atoms with Crippen LogP contribution in [0.25, 0.3) is 0 Å². The van der Waals surface area contributed by atoms with E-state index in [2.05, 4.69) is 5.32 Å². The van der Waals surface area contributed by atoms with Crippen molar-refractivity contribution in [2.45, 2.75) is 59.5 Å². The first-order valence-electron chi connectivity index (χ1n) is 11.6. The van der Waals surface area contributed by atoms with E-state index >= 15 is 0 Å². The monoisotopic (exact) mass is 487 g/mol. The maximum Gasteiger partial charge on any atom is 0.242 e. The Morgan fingerprint density at radius 1 is 1.00 bits per heavy atom. The van der Waals surface area contributed by atoms with Crippen LogP contribution in [0.15, 0.2) is 42.5 Å². The van der Waals surface area contributed by atoms with Crippen LogP contribution in [0.2, 0.25) is 0 Å². The summed E-state index contributed by atoms with van der Waals surface area (Å²) in [6.07, 6.45) is 2.13. The number of likely N-dealkylation sites (N-methyl/N-ethyl adjacent to an activating group) is 1. The summed E-state index contributed by atoms with van der Waals surface area (Å²) < 4.78 is 26.3. The number of benzene rings is 2. The molecule has 2 aromatic carbocycles. The first-order chi connectivity index (χ1) is 16.0. The Hall–Kier alpha value is -2.87. The van der Waals surface area contributed by atoms with Crippen LogP contribution in [0.5, 0.6) is 0 Å². The summed E-state index contributed by atoms with van der Waals surface area (Å²) in [6, 6.07) is 12.7. The summed E-state index contributed by atoms with van der Waals surface area (Å²) in [4.78, 5) is 27.5. The topological polar surface area (TPSA) is 86.8 Å². The lowest BCUT2D eigenvalue weighted by Crippen LogP contribution is -2.48. The highest BCUT2D eigenvalue weighted by atomic mass is 32.2. The first kappa shape index (κ1) is 27.4. The van der Waals surface area contributed by atoms with E-state index in [9.17, 15) is 18.0 Å². The van der Waals surface area contributed by atoms with Crippen molar-refractivity contribution in [3.63, 3.8) is 0 Å². The minimum atomic E-state index is -3.51. The molecule has 2 aromatic rings. The molecule has 0 saturated carbocycles. The molecular weight excluding hydrogens is 450 g/mol. The lowest BCUT2D eigenvalue weighted by molar-refractivity contribution is -0.141. The Bertz CT molecular complexity index is 1110. The number of hydrogen-bond acceptors (Lipinski definition) is 4. The molecule has 0 aromatic heterocycles. The minimum absolute atomic E-state index is 0.135. The molecule has 34 heavy (non-hydrogen) atoms. The minimum Gasteiger partial charge on any atom is -0.357 e. The van der Waals surface area contributed by atoms with Crippen LogP contribution >= 0.6 is 0 Å². The number of carbonyl (C=O) groups is 2. The average molecular weight is 488 g/mol. The number of aryl methyl sites for hydroxylation is 3. The SMILES string of the molecule is CCC(C(=O)NC)N(Cc1ccccc1C)C(=O)CCCN(c1ccc(C)c(C)c1)S(C)(=O)=O. The second-order valence-electron chi connectivity index (χ2n) is 8.69. The Labute approximate surface area is 204 Å². The van der Waals surface area contributed by atoms with Crippen LogP contribution in [-0.2, 0) is 26.2 Å². The highest BCUT2D eigenvalue weighted by Gasteiger charge is 2.28. The first-order valence-corrected chi connectivity index (χ1v) is 13.4. The molecule has 186 valence electrons. The normalized spacial score (nSPS) is 12.2. The van der Waals surface area contributed by atoms with Crippen LogP contribution < -0.4 is 9.62 Å². The Kier molecular flexibility index (Phi) is 9.67. The predicted molar refractivity (Wildman–Crippen MR) is 137 cm³/mol. The molecule has 2 rings (SSSR count). The zero-order valence-corrected chi connectivity index (χ0v) is 21.9. The highest BCUT2D eigenvalue weighted by Crippen LogP contribution is 2.22. The molecule has 0 spiro atoms. The molecule has 2 amide bonds. The van der Waals surface area contributed by atoms with Gasteiger partial charge < -0.3 is 10.2 Å². The fourth-order valence-corrected chi connectivity index (χ4v) is 4.90. The number of sulfonamides is 1. The van der Waals surface area contributed by atoms with Crippen molar-refractivity contribution in [1.29, 1.82) is 0 Å². The van der Waals surface area contributed by atoms with Gasteiger partial charge in [0.2, 0.25) is 21.8 Å². The molecule has 0 bridgehead atoms. The molecule has 0 radical (unpaired) electrons. The lowest BCUT2D eigenvalue weighted by atomic mass is 10.1. The lowest BCUT2D eigenvalue weighted by Gasteiger charge is -2.31. The van der Waals surface area contributed by atoms with Gasteiger partial charge >= 0.3 is 0 Å². The largest absolute Gasteiger partial charge is 0.357 e. The third kappa shape index (κ3) is 7.06. The maximum absolute atomic E-state index is 13.3. The van der Waals surface area contributed by atoms with E-state index in [4.69, 9.17) is 0 Å². The molecule has 7 nitrogen and oxygen atoms in total. The molecule has 0 heterocycles. The molecule has 1 atom stereocenters. The van der Waals surface area contributed by atoms with Gasteiger partial charge in [-0.2, -0.15) is 0 Å². The van der Waals surface area contributed by atoms with Crippen molar-refractivity contribution >= 4 is 27.5 Å². The van der Waals surface area contributed by atoms with Gasteiger partial charge in [-0.25, -0.2) is 8.42 Å². The average Bonchev–Trinajstić information content (AvgIpc) is 2.78. The van der Waals surface area contributed by atoms with Gasteiger partial charge in [0, 0.05) is 26.6 Å². The highest BCUT2D eigenvalue weighted by molar-refractivity contribution is 7.92. The van der Waals surface area contributed by atoms with Crippen LogP contribution in [0.3, 0.4) is 0 Å². The van der Waals surface area contributed by atoms with Crippen LogP contribution in [-0.4, -0.2) is 51.0 Å². The summed E-state index contributed by atoms with van der Waals surface area (Å²) >= 11 is 0. The number of carbonyl (C=O) groups excluding carboxylic acids is 2. The molecule has 0 fully saturated rings. The summed E-state index contributed by atoms with van der Waals surface area (Å²) in [5.41, 5.74) is 4.70. The van der Waals surface area contributed by atoms with Gasteiger partial charge in [-0.05, 0) is 68.0 Å². The fraction of sp³-hybridized carbons (Fsp3) is 0.462. The quantitative estimate of drug-likeness (QED) is 0.523. The third-order valence-corrected chi connectivity index (χ3v) is 7.36. The Morgan fingerprint density at radius 3 is 2.24 bits per heavy atom. The van der Waals surface area contributed by atoms with Gasteiger partial charge in [-0.15, -0.1) is 0 Å². The van der Waals surface area contributed by atoms with Gasteiger partial charge in [0.05, 0.1) is 11.9 Å². The summed E-state index contributed by atoms with van der Waals surface area (Å²) in [6.45, 7) is 8.28. The molecule has 8 heteroatoms. The zero-order chi connectivity index (χ0) is 25.5.